The lowest BCUT2D eigenvalue weighted by molar-refractivity contribution is 0.0748. The summed E-state index contributed by atoms with van der Waals surface area (Å²) in [5.41, 5.74) is 0.555. The molecule has 1 aliphatic rings. The van der Waals surface area contributed by atoms with Gasteiger partial charge in [-0.1, -0.05) is 6.07 Å². The van der Waals surface area contributed by atoms with E-state index in [1.807, 2.05) is 0 Å². The minimum Gasteiger partial charge on any atom is -0.496 e. The smallest absolute Gasteiger partial charge is 0.131 e. The maximum absolute atomic E-state index is 13.6. The summed E-state index contributed by atoms with van der Waals surface area (Å²) in [6.07, 6.45) is 0. The van der Waals surface area contributed by atoms with Crippen molar-refractivity contribution in [1.82, 2.24) is 5.32 Å². The molecule has 1 N–H and O–H groups in total. The molecule has 0 radical (unpaired) electrons. The Bertz CT molecular complexity index is 343. The van der Waals surface area contributed by atoms with Crippen LogP contribution in [0.2, 0.25) is 0 Å². The third kappa shape index (κ3) is 2.64. The van der Waals surface area contributed by atoms with Gasteiger partial charge >= 0.3 is 0 Å². The van der Waals surface area contributed by atoms with Gasteiger partial charge in [0, 0.05) is 12.1 Å². The molecule has 0 bridgehead atoms. The lowest BCUT2D eigenvalue weighted by atomic mass is 10.0. The van der Waals surface area contributed by atoms with Crippen LogP contribution in [0.4, 0.5) is 4.39 Å². The first kappa shape index (κ1) is 13.2. The fourth-order valence-corrected chi connectivity index (χ4v) is 1.78. The van der Waals surface area contributed by atoms with Crippen molar-refractivity contribution in [3.05, 3.63) is 29.6 Å². The lowest BCUT2D eigenvalue weighted by Crippen LogP contribution is -2.35. The first-order valence-electron chi connectivity index (χ1n) is 4.96. The molecular weight excluding hydrogens is 233 g/mol. The maximum Gasteiger partial charge on any atom is 0.131 e. The first-order chi connectivity index (χ1) is 7.33. The Morgan fingerprint density at radius 1 is 1.50 bits per heavy atom. The van der Waals surface area contributed by atoms with Crippen LogP contribution < -0.4 is 10.1 Å². The minimum atomic E-state index is -0.252. The number of halogens is 2. The molecule has 5 heteroatoms. The minimum absolute atomic E-state index is 0. The Morgan fingerprint density at radius 2 is 2.31 bits per heavy atom. The molecule has 1 aliphatic heterocycles. The zero-order chi connectivity index (χ0) is 10.7. The van der Waals surface area contributed by atoms with E-state index in [9.17, 15) is 4.39 Å². The summed E-state index contributed by atoms with van der Waals surface area (Å²) in [5.74, 6) is 0.315. The zero-order valence-electron chi connectivity index (χ0n) is 9.03. The molecule has 0 aromatic heterocycles. The van der Waals surface area contributed by atoms with Crippen LogP contribution in [0.25, 0.3) is 0 Å². The first-order valence-corrected chi connectivity index (χ1v) is 4.96. The summed E-state index contributed by atoms with van der Waals surface area (Å²) in [4.78, 5) is 0. The van der Waals surface area contributed by atoms with Crippen LogP contribution in [0, 0.1) is 5.82 Å². The van der Waals surface area contributed by atoms with Crippen LogP contribution in [0.1, 0.15) is 11.6 Å². The number of hydrogen-bond donors (Lipinski definition) is 1. The zero-order valence-corrected chi connectivity index (χ0v) is 9.85. The quantitative estimate of drug-likeness (QED) is 0.866. The summed E-state index contributed by atoms with van der Waals surface area (Å²) in [6.45, 7) is 1.90. The van der Waals surface area contributed by atoms with Crippen LogP contribution in [-0.4, -0.2) is 26.9 Å². The largest absolute Gasteiger partial charge is 0.496 e. The third-order valence-corrected chi connectivity index (χ3v) is 2.50. The van der Waals surface area contributed by atoms with Crippen molar-refractivity contribution >= 4 is 12.4 Å². The Labute approximate surface area is 100 Å². The van der Waals surface area contributed by atoms with Gasteiger partial charge in [0.05, 0.1) is 26.4 Å². The fraction of sp³-hybridized carbons (Fsp3) is 0.455. The van der Waals surface area contributed by atoms with Crippen LogP contribution in [0.3, 0.4) is 0 Å². The van der Waals surface area contributed by atoms with E-state index in [1.54, 1.807) is 19.2 Å². The van der Waals surface area contributed by atoms with E-state index < -0.39 is 0 Å². The molecule has 1 heterocycles. The number of methoxy groups -OCH3 is 1. The predicted octanol–water partition coefficient (Wildman–Crippen LogP) is 1.92. The summed E-state index contributed by atoms with van der Waals surface area (Å²) >= 11 is 0. The van der Waals surface area contributed by atoms with E-state index >= 15 is 0 Å². The highest BCUT2D eigenvalue weighted by Gasteiger charge is 2.22. The van der Waals surface area contributed by atoms with Crippen molar-refractivity contribution in [3.63, 3.8) is 0 Å². The summed E-state index contributed by atoms with van der Waals surface area (Å²) < 4.78 is 24.1. The third-order valence-electron chi connectivity index (χ3n) is 2.50. The van der Waals surface area contributed by atoms with Gasteiger partial charge in [0.15, 0.2) is 0 Å². The van der Waals surface area contributed by atoms with E-state index in [1.165, 1.54) is 6.07 Å². The van der Waals surface area contributed by atoms with Gasteiger partial charge in [0.1, 0.15) is 11.6 Å². The topological polar surface area (TPSA) is 30.5 Å². The van der Waals surface area contributed by atoms with Crippen molar-refractivity contribution in [1.29, 1.82) is 0 Å². The summed E-state index contributed by atoms with van der Waals surface area (Å²) in [6, 6.07) is 4.72. The van der Waals surface area contributed by atoms with Crippen LogP contribution >= 0.6 is 12.4 Å². The molecule has 1 saturated heterocycles. The highest BCUT2D eigenvalue weighted by Crippen LogP contribution is 2.28. The lowest BCUT2D eigenvalue weighted by Gasteiger charge is -2.25. The number of rotatable bonds is 2. The molecule has 3 nitrogen and oxygen atoms in total. The average Bonchev–Trinajstić information content (AvgIpc) is 2.29. The van der Waals surface area contributed by atoms with Gasteiger partial charge in [0.2, 0.25) is 0 Å². The number of ether oxygens (including phenoxy) is 2. The average molecular weight is 248 g/mol. The number of nitrogens with one attached hydrogen (secondary N) is 1. The molecule has 0 unspecified atom stereocenters. The second-order valence-corrected chi connectivity index (χ2v) is 3.44. The Morgan fingerprint density at radius 3 is 2.94 bits per heavy atom. The molecule has 2 rings (SSSR count). The standard InChI is InChI=1S/C11H14FNO2.ClH/c1-14-10-4-2-3-8(12)11(10)9-7-15-6-5-13-9;/h2-4,9,13H,5-7H2,1H3;1H/t9-;/m0./s1. The monoisotopic (exact) mass is 247 g/mol. The second kappa shape index (κ2) is 6.03. The van der Waals surface area contributed by atoms with Gasteiger partial charge in [0.25, 0.3) is 0 Å². The van der Waals surface area contributed by atoms with Crippen LogP contribution in [0.5, 0.6) is 5.75 Å². The molecule has 0 aliphatic carbocycles. The Kier molecular flexibility index (Phi) is 4.99. The summed E-state index contributed by atoms with van der Waals surface area (Å²) in [5, 5.41) is 3.21. The van der Waals surface area contributed by atoms with E-state index in [0.29, 0.717) is 24.5 Å². The van der Waals surface area contributed by atoms with Crippen molar-refractivity contribution in [2.24, 2.45) is 0 Å². The van der Waals surface area contributed by atoms with E-state index in [4.69, 9.17) is 9.47 Å². The van der Waals surface area contributed by atoms with Crippen LogP contribution in [-0.2, 0) is 4.74 Å². The highest BCUT2D eigenvalue weighted by atomic mass is 35.5. The number of hydrogen-bond acceptors (Lipinski definition) is 3. The fourth-order valence-electron chi connectivity index (χ4n) is 1.78. The van der Waals surface area contributed by atoms with Gasteiger partial charge in [-0.25, -0.2) is 4.39 Å². The molecule has 1 aromatic rings. The predicted molar refractivity (Wildman–Crippen MR) is 61.8 cm³/mol. The van der Waals surface area contributed by atoms with Crippen molar-refractivity contribution in [3.8, 4) is 5.75 Å². The molecule has 0 spiro atoms. The molecule has 1 atom stereocenters. The maximum atomic E-state index is 13.6. The molecule has 90 valence electrons. The van der Waals surface area contributed by atoms with Gasteiger partial charge < -0.3 is 14.8 Å². The van der Waals surface area contributed by atoms with Gasteiger partial charge in [-0.3, -0.25) is 0 Å². The molecular formula is C11H15ClFNO2. The second-order valence-electron chi connectivity index (χ2n) is 3.44. The highest BCUT2D eigenvalue weighted by molar-refractivity contribution is 5.85. The van der Waals surface area contributed by atoms with E-state index in [-0.39, 0.29) is 24.3 Å². The van der Waals surface area contributed by atoms with Gasteiger partial charge in [-0.15, -0.1) is 12.4 Å². The summed E-state index contributed by atoms with van der Waals surface area (Å²) in [7, 11) is 1.54. The molecule has 1 aromatic carbocycles. The Balaban J connectivity index is 0.00000128. The molecule has 0 amide bonds. The molecule has 0 saturated carbocycles. The number of benzene rings is 1. The molecule has 16 heavy (non-hydrogen) atoms. The van der Waals surface area contributed by atoms with E-state index in [0.717, 1.165) is 6.54 Å². The number of morpholine rings is 1. The normalized spacial score (nSPS) is 20.0. The SMILES string of the molecule is COc1cccc(F)c1[C@@H]1COCCN1.Cl. The molecule has 1 fully saturated rings. The van der Waals surface area contributed by atoms with Gasteiger partial charge in [-0.2, -0.15) is 0 Å². The van der Waals surface area contributed by atoms with Crippen molar-refractivity contribution in [2.75, 3.05) is 26.9 Å². The van der Waals surface area contributed by atoms with Gasteiger partial charge in [-0.05, 0) is 12.1 Å². The Hall–Kier alpha value is -0.840. The van der Waals surface area contributed by atoms with Crippen molar-refractivity contribution in [2.45, 2.75) is 6.04 Å². The van der Waals surface area contributed by atoms with E-state index in [2.05, 4.69) is 5.32 Å². The van der Waals surface area contributed by atoms with Crippen LogP contribution in [0.15, 0.2) is 18.2 Å². The van der Waals surface area contributed by atoms with Crippen molar-refractivity contribution < 1.29 is 13.9 Å².